The van der Waals surface area contributed by atoms with E-state index >= 15 is 0 Å². The topological polar surface area (TPSA) is 105 Å². The zero-order valence-electron chi connectivity index (χ0n) is 19.4. The Bertz CT molecular complexity index is 1010. The first-order valence-corrected chi connectivity index (χ1v) is 12.7. The maximum Gasteiger partial charge on any atom is 0.240 e. The minimum absolute atomic E-state index is 0.0895. The fraction of sp³-hybridized carbons (Fsp3) is 0.609. The number of aromatic nitrogens is 2. The van der Waals surface area contributed by atoms with Crippen LogP contribution in [0.25, 0.3) is 0 Å². The van der Waals surface area contributed by atoms with Crippen LogP contribution in [0.1, 0.15) is 63.7 Å². The number of hydrogen-bond donors (Lipinski definition) is 1. The smallest absolute Gasteiger partial charge is 0.240 e. The first-order valence-electron chi connectivity index (χ1n) is 11.2. The van der Waals surface area contributed by atoms with Crippen molar-refractivity contribution < 1.29 is 17.7 Å². The van der Waals surface area contributed by atoms with E-state index in [-0.39, 0.29) is 22.1 Å². The van der Waals surface area contributed by atoms with E-state index in [4.69, 9.17) is 4.52 Å². The van der Waals surface area contributed by atoms with Crippen molar-refractivity contribution in [1.29, 1.82) is 0 Å². The Morgan fingerprint density at radius 1 is 1.25 bits per heavy atom. The van der Waals surface area contributed by atoms with Crippen molar-refractivity contribution in [3.8, 4) is 0 Å². The number of sulfonamides is 1. The van der Waals surface area contributed by atoms with Crippen LogP contribution >= 0.6 is 0 Å². The maximum atomic E-state index is 12.7. The third-order valence-corrected chi connectivity index (χ3v) is 7.12. The lowest BCUT2D eigenvalue weighted by atomic mass is 9.96. The van der Waals surface area contributed by atoms with Gasteiger partial charge in [0.1, 0.15) is 0 Å². The number of rotatable bonds is 8. The minimum atomic E-state index is -3.54. The van der Waals surface area contributed by atoms with E-state index in [0.29, 0.717) is 44.1 Å². The summed E-state index contributed by atoms with van der Waals surface area (Å²) in [5.41, 5.74) is 0.848. The molecule has 1 aromatic carbocycles. The van der Waals surface area contributed by atoms with Gasteiger partial charge in [0.2, 0.25) is 21.8 Å². The molecule has 8 nitrogen and oxygen atoms in total. The van der Waals surface area contributed by atoms with Gasteiger partial charge in [0, 0.05) is 37.9 Å². The summed E-state index contributed by atoms with van der Waals surface area (Å²) in [7, 11) is -3.54. The molecule has 3 rings (SSSR count). The molecule has 1 N–H and O–H groups in total. The summed E-state index contributed by atoms with van der Waals surface area (Å²) in [4.78, 5) is 19.2. The lowest BCUT2D eigenvalue weighted by Crippen LogP contribution is -2.43. The first kappa shape index (κ1) is 24.4. The van der Waals surface area contributed by atoms with Gasteiger partial charge in [-0.1, -0.05) is 43.6 Å². The van der Waals surface area contributed by atoms with Crippen molar-refractivity contribution in [3.63, 3.8) is 0 Å². The maximum absolute atomic E-state index is 12.7. The molecule has 1 unspecified atom stereocenters. The third kappa shape index (κ3) is 6.62. The van der Waals surface area contributed by atoms with Gasteiger partial charge in [0.05, 0.1) is 4.90 Å². The predicted octanol–water partition coefficient (Wildman–Crippen LogP) is 3.22. The normalized spacial score (nSPS) is 17.5. The van der Waals surface area contributed by atoms with E-state index in [1.54, 1.807) is 24.3 Å². The number of carbonyl (C=O) groups is 1. The fourth-order valence-electron chi connectivity index (χ4n) is 3.70. The van der Waals surface area contributed by atoms with Crippen LogP contribution in [-0.4, -0.2) is 49.0 Å². The number of amides is 1. The second kappa shape index (κ2) is 10.1. The second-order valence-corrected chi connectivity index (χ2v) is 11.4. The van der Waals surface area contributed by atoms with Crippen molar-refractivity contribution in [3.05, 3.63) is 41.5 Å². The SMILES string of the molecule is Cc1ccc(S(=O)(=O)NCC2CCCN(C(=O)CCCc3nc(C(C)(C)C)no3)C2)cc1. The molecule has 32 heavy (non-hydrogen) atoms. The van der Waals surface area contributed by atoms with Crippen molar-refractivity contribution in [2.24, 2.45) is 5.92 Å². The van der Waals surface area contributed by atoms with Gasteiger partial charge in [0.15, 0.2) is 5.82 Å². The van der Waals surface area contributed by atoms with Gasteiger partial charge in [-0.3, -0.25) is 4.79 Å². The van der Waals surface area contributed by atoms with E-state index in [0.717, 1.165) is 24.9 Å². The van der Waals surface area contributed by atoms with Crippen molar-refractivity contribution in [2.75, 3.05) is 19.6 Å². The summed E-state index contributed by atoms with van der Waals surface area (Å²) in [5.74, 6) is 1.43. The highest BCUT2D eigenvalue weighted by Crippen LogP contribution is 2.20. The highest BCUT2D eigenvalue weighted by molar-refractivity contribution is 7.89. The van der Waals surface area contributed by atoms with E-state index < -0.39 is 10.0 Å². The van der Waals surface area contributed by atoms with Crippen LogP contribution in [0.3, 0.4) is 0 Å². The number of aryl methyl sites for hydroxylation is 2. The predicted molar refractivity (Wildman–Crippen MR) is 122 cm³/mol. The first-order chi connectivity index (χ1) is 15.0. The molecule has 0 radical (unpaired) electrons. The van der Waals surface area contributed by atoms with Crippen LogP contribution in [0.5, 0.6) is 0 Å². The molecule has 0 aliphatic carbocycles. The Morgan fingerprint density at radius 2 is 1.97 bits per heavy atom. The summed E-state index contributed by atoms with van der Waals surface area (Å²) in [5, 5.41) is 4.01. The lowest BCUT2D eigenvalue weighted by Gasteiger charge is -2.33. The van der Waals surface area contributed by atoms with Crippen LogP contribution in [0.4, 0.5) is 0 Å². The number of nitrogens with one attached hydrogen (secondary N) is 1. The number of likely N-dealkylation sites (tertiary alicyclic amines) is 1. The van der Waals surface area contributed by atoms with Crippen LogP contribution in [0.2, 0.25) is 0 Å². The van der Waals surface area contributed by atoms with E-state index in [1.165, 1.54) is 0 Å². The molecule has 1 aliphatic rings. The molecule has 1 aliphatic heterocycles. The van der Waals surface area contributed by atoms with Crippen LogP contribution in [0, 0.1) is 12.8 Å². The summed E-state index contributed by atoms with van der Waals surface area (Å²) in [6.07, 6.45) is 3.41. The molecule has 1 fully saturated rings. The average molecular weight is 463 g/mol. The van der Waals surface area contributed by atoms with Gasteiger partial charge >= 0.3 is 0 Å². The number of benzene rings is 1. The number of piperidine rings is 1. The highest BCUT2D eigenvalue weighted by Gasteiger charge is 2.25. The number of hydrogen-bond acceptors (Lipinski definition) is 6. The lowest BCUT2D eigenvalue weighted by molar-refractivity contribution is -0.133. The Kier molecular flexibility index (Phi) is 7.71. The molecule has 1 amide bonds. The van der Waals surface area contributed by atoms with E-state index in [9.17, 15) is 13.2 Å². The van der Waals surface area contributed by atoms with Crippen LogP contribution in [-0.2, 0) is 26.7 Å². The molecule has 1 aromatic heterocycles. The number of carbonyl (C=O) groups excluding carboxylic acids is 1. The third-order valence-electron chi connectivity index (χ3n) is 5.69. The summed E-state index contributed by atoms with van der Waals surface area (Å²) >= 11 is 0. The molecule has 0 spiro atoms. The van der Waals surface area contributed by atoms with Crippen LogP contribution in [0.15, 0.2) is 33.7 Å². The molecule has 2 heterocycles. The summed E-state index contributed by atoms with van der Waals surface area (Å²) < 4.78 is 33.1. The van der Waals surface area contributed by atoms with Gasteiger partial charge in [-0.05, 0) is 44.2 Å². The molecular weight excluding hydrogens is 428 g/mol. The molecule has 9 heteroatoms. The molecule has 0 saturated carbocycles. The largest absolute Gasteiger partial charge is 0.342 e. The highest BCUT2D eigenvalue weighted by atomic mass is 32.2. The Hall–Kier alpha value is -2.26. The Labute approximate surface area is 190 Å². The Balaban J connectivity index is 1.45. The van der Waals surface area contributed by atoms with Gasteiger partial charge in [-0.2, -0.15) is 4.98 Å². The molecule has 176 valence electrons. The molecule has 1 saturated heterocycles. The second-order valence-electron chi connectivity index (χ2n) is 9.63. The molecule has 2 aromatic rings. The number of nitrogens with zero attached hydrogens (tertiary/aromatic N) is 3. The van der Waals surface area contributed by atoms with Crippen molar-refractivity contribution in [2.45, 2.75) is 70.1 Å². The monoisotopic (exact) mass is 462 g/mol. The van der Waals surface area contributed by atoms with Crippen molar-refractivity contribution in [1.82, 2.24) is 19.8 Å². The molecule has 0 bridgehead atoms. The Morgan fingerprint density at radius 3 is 2.62 bits per heavy atom. The quantitative estimate of drug-likeness (QED) is 0.646. The van der Waals surface area contributed by atoms with E-state index in [1.807, 2.05) is 32.6 Å². The standard InChI is InChI=1S/C23H34N4O4S/c1-17-10-12-19(13-11-17)32(29,30)24-15-18-7-6-14-27(16-18)21(28)9-5-8-20-25-22(26-31-20)23(2,3)4/h10-13,18,24H,5-9,14-16H2,1-4H3. The van der Waals surface area contributed by atoms with E-state index in [2.05, 4.69) is 14.9 Å². The molecule has 1 atom stereocenters. The van der Waals surface area contributed by atoms with Crippen LogP contribution < -0.4 is 4.72 Å². The summed E-state index contributed by atoms with van der Waals surface area (Å²) in [6, 6.07) is 6.80. The van der Waals surface area contributed by atoms with Gasteiger partial charge in [-0.25, -0.2) is 13.1 Å². The average Bonchev–Trinajstić information content (AvgIpc) is 3.22. The zero-order valence-corrected chi connectivity index (χ0v) is 20.2. The van der Waals surface area contributed by atoms with Crippen molar-refractivity contribution >= 4 is 15.9 Å². The van der Waals surface area contributed by atoms with Gasteiger partial charge in [0.25, 0.3) is 0 Å². The zero-order chi connectivity index (χ0) is 23.4. The summed E-state index contributed by atoms with van der Waals surface area (Å²) in [6.45, 7) is 9.62. The fourth-order valence-corrected chi connectivity index (χ4v) is 4.81. The molecular formula is C23H34N4O4S. The van der Waals surface area contributed by atoms with Gasteiger partial charge in [-0.15, -0.1) is 0 Å². The van der Waals surface area contributed by atoms with Gasteiger partial charge < -0.3 is 9.42 Å². The minimum Gasteiger partial charge on any atom is -0.342 e.